The Labute approximate surface area is 84.0 Å². The van der Waals surface area contributed by atoms with Crippen LogP contribution in [0.25, 0.3) is 0 Å². The van der Waals surface area contributed by atoms with Gasteiger partial charge in [0, 0.05) is 11.8 Å². The molecule has 6 heteroatoms. The standard InChI is InChI=1S/C8H8ClF2NO2/c9-2-6(13)7(14)4-1-5(10)8(11)12-3-4/h1,3,6-7,13-14H,2H2. The fourth-order valence-corrected chi connectivity index (χ4v) is 1.07. The van der Waals surface area contributed by atoms with Gasteiger partial charge in [-0.25, -0.2) is 9.37 Å². The number of alkyl halides is 1. The first kappa shape index (κ1) is 11.3. The zero-order valence-corrected chi connectivity index (χ0v) is 7.75. The van der Waals surface area contributed by atoms with E-state index in [1.54, 1.807) is 0 Å². The summed E-state index contributed by atoms with van der Waals surface area (Å²) in [5.41, 5.74) is -0.0166. The quantitative estimate of drug-likeness (QED) is 0.594. The van der Waals surface area contributed by atoms with Crippen LogP contribution in [0.5, 0.6) is 0 Å². The average molecular weight is 224 g/mol. The molecule has 0 saturated heterocycles. The van der Waals surface area contributed by atoms with Crippen molar-refractivity contribution in [1.29, 1.82) is 0 Å². The van der Waals surface area contributed by atoms with Gasteiger partial charge in [-0.05, 0) is 6.07 Å². The number of aliphatic hydroxyl groups is 2. The van der Waals surface area contributed by atoms with Gasteiger partial charge >= 0.3 is 0 Å². The van der Waals surface area contributed by atoms with Gasteiger partial charge in [0.2, 0.25) is 5.95 Å². The van der Waals surface area contributed by atoms with Gasteiger partial charge < -0.3 is 10.2 Å². The van der Waals surface area contributed by atoms with Crippen molar-refractivity contribution >= 4 is 11.6 Å². The maximum Gasteiger partial charge on any atom is 0.248 e. The number of pyridine rings is 1. The molecule has 0 bridgehead atoms. The predicted octanol–water partition coefficient (Wildman–Crippen LogP) is 0.993. The minimum Gasteiger partial charge on any atom is -0.389 e. The van der Waals surface area contributed by atoms with Gasteiger partial charge in [-0.3, -0.25) is 0 Å². The fourth-order valence-electron chi connectivity index (χ4n) is 0.904. The van der Waals surface area contributed by atoms with E-state index in [1.165, 1.54) is 0 Å². The van der Waals surface area contributed by atoms with Crippen molar-refractivity contribution < 1.29 is 19.0 Å². The maximum atomic E-state index is 12.6. The van der Waals surface area contributed by atoms with Gasteiger partial charge in [-0.2, -0.15) is 4.39 Å². The Morgan fingerprint density at radius 3 is 2.57 bits per heavy atom. The molecule has 0 aliphatic carbocycles. The van der Waals surface area contributed by atoms with Gasteiger partial charge in [0.1, 0.15) is 6.10 Å². The molecule has 78 valence electrons. The highest BCUT2D eigenvalue weighted by atomic mass is 35.5. The number of hydrogen-bond donors (Lipinski definition) is 2. The summed E-state index contributed by atoms with van der Waals surface area (Å²) < 4.78 is 25.0. The van der Waals surface area contributed by atoms with Crippen LogP contribution in [0.2, 0.25) is 0 Å². The molecule has 0 spiro atoms. The Bertz CT molecular complexity index is 324. The zero-order valence-electron chi connectivity index (χ0n) is 6.99. The summed E-state index contributed by atoms with van der Waals surface area (Å²) in [7, 11) is 0. The van der Waals surface area contributed by atoms with E-state index in [9.17, 15) is 13.9 Å². The fraction of sp³-hybridized carbons (Fsp3) is 0.375. The Morgan fingerprint density at radius 1 is 1.43 bits per heavy atom. The summed E-state index contributed by atoms with van der Waals surface area (Å²) in [4.78, 5) is 3.06. The summed E-state index contributed by atoms with van der Waals surface area (Å²) in [5, 5.41) is 18.5. The van der Waals surface area contributed by atoms with Crippen LogP contribution < -0.4 is 0 Å². The lowest BCUT2D eigenvalue weighted by Crippen LogP contribution is -2.20. The van der Waals surface area contributed by atoms with Crippen LogP contribution in [0.3, 0.4) is 0 Å². The van der Waals surface area contributed by atoms with E-state index in [-0.39, 0.29) is 11.4 Å². The Kier molecular flexibility index (Phi) is 3.74. The van der Waals surface area contributed by atoms with E-state index < -0.39 is 24.0 Å². The molecule has 0 radical (unpaired) electrons. The molecule has 0 amide bonds. The molecule has 0 fully saturated rings. The van der Waals surface area contributed by atoms with Gasteiger partial charge in [0.15, 0.2) is 5.82 Å². The van der Waals surface area contributed by atoms with Gasteiger partial charge in [-0.15, -0.1) is 11.6 Å². The Balaban J connectivity index is 2.91. The zero-order chi connectivity index (χ0) is 10.7. The second kappa shape index (κ2) is 4.63. The van der Waals surface area contributed by atoms with E-state index in [0.29, 0.717) is 0 Å². The molecule has 0 saturated carbocycles. The van der Waals surface area contributed by atoms with Gasteiger partial charge in [-0.1, -0.05) is 0 Å². The second-order valence-corrected chi connectivity index (χ2v) is 3.02. The SMILES string of the molecule is OC(CCl)C(O)c1cnc(F)c(F)c1. The van der Waals surface area contributed by atoms with E-state index in [0.717, 1.165) is 12.3 Å². The topological polar surface area (TPSA) is 53.4 Å². The lowest BCUT2D eigenvalue weighted by Gasteiger charge is -2.14. The van der Waals surface area contributed by atoms with Crippen LogP contribution >= 0.6 is 11.6 Å². The summed E-state index contributed by atoms with van der Waals surface area (Å²) >= 11 is 5.27. The summed E-state index contributed by atoms with van der Waals surface area (Å²) in [5.74, 6) is -2.63. The molecular formula is C8H8ClF2NO2. The summed E-state index contributed by atoms with van der Waals surface area (Å²) in [6.07, 6.45) is -1.66. The molecule has 2 unspecified atom stereocenters. The third-order valence-electron chi connectivity index (χ3n) is 1.68. The van der Waals surface area contributed by atoms with Crippen LogP contribution in [0.1, 0.15) is 11.7 Å². The number of rotatable bonds is 3. The van der Waals surface area contributed by atoms with Gasteiger partial charge in [0.05, 0.1) is 12.0 Å². The van der Waals surface area contributed by atoms with Crippen molar-refractivity contribution in [1.82, 2.24) is 4.98 Å². The summed E-state index contributed by atoms with van der Waals surface area (Å²) in [6.45, 7) is 0. The lowest BCUT2D eigenvalue weighted by atomic mass is 10.1. The monoisotopic (exact) mass is 223 g/mol. The van der Waals surface area contributed by atoms with Crippen LogP contribution in [0.4, 0.5) is 8.78 Å². The molecule has 2 atom stereocenters. The van der Waals surface area contributed by atoms with Crippen molar-refractivity contribution in [2.45, 2.75) is 12.2 Å². The van der Waals surface area contributed by atoms with Crippen LogP contribution in [-0.2, 0) is 0 Å². The highest BCUT2D eigenvalue weighted by Crippen LogP contribution is 2.18. The molecule has 0 aliphatic heterocycles. The predicted molar refractivity (Wildman–Crippen MR) is 45.8 cm³/mol. The molecule has 1 aromatic heterocycles. The van der Waals surface area contributed by atoms with Crippen molar-refractivity contribution in [3.8, 4) is 0 Å². The van der Waals surface area contributed by atoms with E-state index in [4.69, 9.17) is 16.7 Å². The number of nitrogens with zero attached hydrogens (tertiary/aromatic N) is 1. The third kappa shape index (κ3) is 2.37. The average Bonchev–Trinajstić information content (AvgIpc) is 2.20. The molecule has 1 aromatic rings. The Hall–Kier alpha value is -0.780. The van der Waals surface area contributed by atoms with Crippen molar-refractivity contribution in [3.63, 3.8) is 0 Å². The first-order valence-electron chi connectivity index (χ1n) is 3.79. The molecule has 2 N–H and O–H groups in total. The van der Waals surface area contributed by atoms with Crippen molar-refractivity contribution in [2.75, 3.05) is 5.88 Å². The van der Waals surface area contributed by atoms with Gasteiger partial charge in [0.25, 0.3) is 0 Å². The highest BCUT2D eigenvalue weighted by molar-refractivity contribution is 6.18. The number of aromatic nitrogens is 1. The van der Waals surface area contributed by atoms with E-state index in [1.807, 2.05) is 0 Å². The molecule has 1 heterocycles. The lowest BCUT2D eigenvalue weighted by molar-refractivity contribution is 0.0322. The Morgan fingerprint density at radius 2 is 2.07 bits per heavy atom. The smallest absolute Gasteiger partial charge is 0.248 e. The van der Waals surface area contributed by atoms with Crippen molar-refractivity contribution in [3.05, 3.63) is 29.6 Å². The third-order valence-corrected chi connectivity index (χ3v) is 2.00. The number of halogens is 3. The second-order valence-electron chi connectivity index (χ2n) is 2.71. The molecule has 14 heavy (non-hydrogen) atoms. The highest BCUT2D eigenvalue weighted by Gasteiger charge is 2.19. The molecule has 3 nitrogen and oxygen atoms in total. The molecular weight excluding hydrogens is 216 g/mol. The number of hydrogen-bond acceptors (Lipinski definition) is 3. The largest absolute Gasteiger partial charge is 0.389 e. The first-order chi connectivity index (χ1) is 6.56. The maximum absolute atomic E-state index is 12.6. The minimum absolute atomic E-state index is 0.0166. The van der Waals surface area contributed by atoms with E-state index in [2.05, 4.69) is 4.98 Å². The normalized spacial score (nSPS) is 15.2. The number of aliphatic hydroxyl groups excluding tert-OH is 2. The van der Waals surface area contributed by atoms with Crippen LogP contribution in [-0.4, -0.2) is 27.2 Å². The molecule has 0 aromatic carbocycles. The summed E-state index contributed by atoms with van der Waals surface area (Å²) in [6, 6.07) is 0.767. The molecule has 0 aliphatic rings. The van der Waals surface area contributed by atoms with Crippen molar-refractivity contribution in [2.24, 2.45) is 0 Å². The van der Waals surface area contributed by atoms with E-state index >= 15 is 0 Å². The minimum atomic E-state index is -1.37. The van der Waals surface area contributed by atoms with Crippen LogP contribution in [0.15, 0.2) is 12.3 Å². The molecule has 1 rings (SSSR count). The van der Waals surface area contributed by atoms with Crippen LogP contribution in [0, 0.1) is 11.8 Å². The first-order valence-corrected chi connectivity index (χ1v) is 4.32.